The Balaban J connectivity index is 2.58. The summed E-state index contributed by atoms with van der Waals surface area (Å²) in [4.78, 5) is 11.7. The molecule has 2 heterocycles. The number of rotatable bonds is 0. The Morgan fingerprint density at radius 2 is 2.33 bits per heavy atom. The highest BCUT2D eigenvalue weighted by Crippen LogP contribution is 2.31. The smallest absolute Gasteiger partial charge is 0.182 e. The second-order valence-electron chi connectivity index (χ2n) is 4.22. The molecular formula is C10H13BrN2O2. The molecule has 82 valence electrons. The van der Waals surface area contributed by atoms with Gasteiger partial charge in [0.15, 0.2) is 5.78 Å². The van der Waals surface area contributed by atoms with E-state index >= 15 is 0 Å². The summed E-state index contributed by atoms with van der Waals surface area (Å²) in [6, 6.07) is 0. The van der Waals surface area contributed by atoms with Crippen LogP contribution in [0, 0.1) is 0 Å². The highest BCUT2D eigenvalue weighted by atomic mass is 79.9. The van der Waals surface area contributed by atoms with Crippen LogP contribution in [0.3, 0.4) is 0 Å². The van der Waals surface area contributed by atoms with Gasteiger partial charge in [-0.2, -0.15) is 5.10 Å². The van der Waals surface area contributed by atoms with Gasteiger partial charge in [0.25, 0.3) is 0 Å². The molecule has 1 aliphatic rings. The van der Waals surface area contributed by atoms with Gasteiger partial charge >= 0.3 is 0 Å². The number of ketones is 1. The largest absolute Gasteiger partial charge is 0.368 e. The first-order valence-electron chi connectivity index (χ1n) is 4.78. The zero-order valence-electron chi connectivity index (χ0n) is 8.95. The molecule has 0 N–H and O–H groups in total. The summed E-state index contributed by atoms with van der Waals surface area (Å²) in [5, 5.41) is 4.30. The predicted molar refractivity (Wildman–Crippen MR) is 59.2 cm³/mol. The molecule has 4 nitrogen and oxygen atoms in total. The molecule has 0 fully saturated rings. The number of hydrogen-bond donors (Lipinski definition) is 0. The second kappa shape index (κ2) is 3.42. The molecule has 1 atom stereocenters. The minimum absolute atomic E-state index is 0.0451. The summed E-state index contributed by atoms with van der Waals surface area (Å²) in [5.74, 6) is 0.0451. The Hall–Kier alpha value is -0.680. The lowest BCUT2D eigenvalue weighted by Gasteiger charge is -2.21. The molecular weight excluding hydrogens is 260 g/mol. The normalized spacial score (nSPS) is 24.8. The molecule has 2 rings (SSSR count). The number of aromatic nitrogens is 2. The van der Waals surface area contributed by atoms with Crippen molar-refractivity contribution in [3.63, 3.8) is 0 Å². The molecule has 1 unspecified atom stereocenters. The van der Waals surface area contributed by atoms with Gasteiger partial charge in [0.2, 0.25) is 0 Å². The fourth-order valence-corrected chi connectivity index (χ4v) is 2.09. The summed E-state index contributed by atoms with van der Waals surface area (Å²) < 4.78 is 7.32. The second-order valence-corrected chi connectivity index (χ2v) is 5.32. The number of carbonyl (C=O) groups is 1. The highest BCUT2D eigenvalue weighted by Gasteiger charge is 2.36. The zero-order valence-corrected chi connectivity index (χ0v) is 10.5. The number of carbonyl (C=O) groups excluding carboxylic acids is 1. The third-order valence-electron chi connectivity index (χ3n) is 2.54. The van der Waals surface area contributed by atoms with Crippen molar-refractivity contribution in [2.24, 2.45) is 7.05 Å². The fourth-order valence-electron chi connectivity index (χ4n) is 1.71. The van der Waals surface area contributed by atoms with E-state index in [-0.39, 0.29) is 10.6 Å². The minimum atomic E-state index is -0.505. The highest BCUT2D eigenvalue weighted by molar-refractivity contribution is 9.10. The van der Waals surface area contributed by atoms with Crippen molar-refractivity contribution in [1.82, 2.24) is 9.78 Å². The lowest BCUT2D eigenvalue weighted by atomic mass is 10.00. The van der Waals surface area contributed by atoms with E-state index in [0.29, 0.717) is 12.2 Å². The first-order valence-corrected chi connectivity index (χ1v) is 5.70. The lowest BCUT2D eigenvalue weighted by molar-refractivity contribution is -0.0183. The van der Waals surface area contributed by atoms with Crippen molar-refractivity contribution in [3.8, 4) is 0 Å². The molecule has 0 bridgehead atoms. The summed E-state index contributed by atoms with van der Waals surface area (Å²) in [5.41, 5.74) is 0.869. The number of halogens is 1. The van der Waals surface area contributed by atoms with E-state index in [0.717, 1.165) is 5.69 Å². The maximum absolute atomic E-state index is 12.0. The summed E-state index contributed by atoms with van der Waals surface area (Å²) in [6.07, 6.45) is 1.75. The van der Waals surface area contributed by atoms with Crippen LogP contribution < -0.4 is 0 Å². The number of alkyl halides is 1. The maximum atomic E-state index is 12.0. The number of hydrogen-bond acceptors (Lipinski definition) is 3. The van der Waals surface area contributed by atoms with Gasteiger partial charge in [0.05, 0.1) is 12.2 Å². The Morgan fingerprint density at radius 1 is 1.67 bits per heavy atom. The van der Waals surface area contributed by atoms with Gasteiger partial charge in [0, 0.05) is 13.2 Å². The first kappa shape index (κ1) is 10.8. The molecule has 15 heavy (non-hydrogen) atoms. The molecule has 5 heteroatoms. The average Bonchev–Trinajstić information content (AvgIpc) is 2.53. The fraction of sp³-hybridized carbons (Fsp3) is 0.600. The summed E-state index contributed by atoms with van der Waals surface area (Å²) in [7, 11) is 1.81. The lowest BCUT2D eigenvalue weighted by Crippen LogP contribution is -2.24. The van der Waals surface area contributed by atoms with Crippen molar-refractivity contribution < 1.29 is 9.53 Å². The monoisotopic (exact) mass is 272 g/mol. The molecule has 0 spiro atoms. The first-order chi connectivity index (χ1) is 6.92. The third kappa shape index (κ3) is 1.74. The van der Waals surface area contributed by atoms with Gasteiger partial charge in [-0.15, -0.1) is 0 Å². The topological polar surface area (TPSA) is 44.1 Å². The zero-order chi connectivity index (χ0) is 11.2. The van der Waals surface area contributed by atoms with Gasteiger partial charge in [-0.1, -0.05) is 15.9 Å². The predicted octanol–water partition coefficient (Wildman–Crippen LogP) is 1.63. The van der Waals surface area contributed by atoms with E-state index in [4.69, 9.17) is 4.74 Å². The number of aryl methyl sites for hydroxylation is 1. The molecule has 0 aliphatic carbocycles. The Kier molecular flexibility index (Phi) is 2.47. The van der Waals surface area contributed by atoms with Crippen molar-refractivity contribution in [3.05, 3.63) is 17.5 Å². The molecule has 1 aliphatic heterocycles. The molecule has 0 radical (unpaired) electrons. The van der Waals surface area contributed by atoms with Gasteiger partial charge in [0.1, 0.15) is 16.1 Å². The van der Waals surface area contributed by atoms with Crippen molar-refractivity contribution in [2.45, 2.75) is 24.3 Å². The molecule has 0 saturated carbocycles. The standard InChI is InChI=1S/C10H13BrN2O2/c1-10(2)9-6(4-13(3)12-9)8(14)7(11)5-15-10/h4,7H,5H2,1-3H3. The average molecular weight is 273 g/mol. The molecule has 1 aromatic heterocycles. The number of fused-ring (bicyclic) bond motifs is 1. The quantitative estimate of drug-likeness (QED) is 0.675. The van der Waals surface area contributed by atoms with E-state index in [1.54, 1.807) is 17.9 Å². The van der Waals surface area contributed by atoms with Crippen LogP contribution in [-0.2, 0) is 17.4 Å². The molecule has 1 aromatic rings. The molecule has 0 saturated heterocycles. The van der Waals surface area contributed by atoms with Crippen LogP contribution >= 0.6 is 15.9 Å². The Morgan fingerprint density at radius 3 is 3.00 bits per heavy atom. The van der Waals surface area contributed by atoms with E-state index in [1.165, 1.54) is 0 Å². The Bertz CT molecular complexity index is 412. The van der Waals surface area contributed by atoms with E-state index in [9.17, 15) is 4.79 Å². The van der Waals surface area contributed by atoms with Crippen molar-refractivity contribution >= 4 is 21.7 Å². The van der Waals surface area contributed by atoms with Crippen LogP contribution in [0.4, 0.5) is 0 Å². The van der Waals surface area contributed by atoms with Crippen LogP contribution in [0.25, 0.3) is 0 Å². The van der Waals surface area contributed by atoms with Gasteiger partial charge in [-0.3, -0.25) is 9.48 Å². The van der Waals surface area contributed by atoms with Crippen molar-refractivity contribution in [2.75, 3.05) is 6.61 Å². The third-order valence-corrected chi connectivity index (χ3v) is 3.22. The van der Waals surface area contributed by atoms with Crippen molar-refractivity contribution in [1.29, 1.82) is 0 Å². The van der Waals surface area contributed by atoms with Crippen LogP contribution in [-0.4, -0.2) is 27.0 Å². The van der Waals surface area contributed by atoms with Crippen LogP contribution in [0.1, 0.15) is 29.9 Å². The van der Waals surface area contributed by atoms with E-state index in [2.05, 4.69) is 21.0 Å². The van der Waals surface area contributed by atoms with Gasteiger partial charge in [-0.05, 0) is 13.8 Å². The van der Waals surface area contributed by atoms with Crippen LogP contribution in [0.5, 0.6) is 0 Å². The molecule has 0 amide bonds. The van der Waals surface area contributed by atoms with Crippen LogP contribution in [0.15, 0.2) is 6.20 Å². The van der Waals surface area contributed by atoms with Crippen LogP contribution in [0.2, 0.25) is 0 Å². The number of nitrogens with zero attached hydrogens (tertiary/aromatic N) is 2. The van der Waals surface area contributed by atoms with E-state index < -0.39 is 5.60 Å². The summed E-state index contributed by atoms with van der Waals surface area (Å²) >= 11 is 3.32. The number of ether oxygens (including phenoxy) is 1. The molecule has 0 aromatic carbocycles. The minimum Gasteiger partial charge on any atom is -0.368 e. The van der Waals surface area contributed by atoms with E-state index in [1.807, 2.05) is 13.8 Å². The maximum Gasteiger partial charge on any atom is 0.182 e. The summed E-state index contributed by atoms with van der Waals surface area (Å²) in [6.45, 7) is 4.24. The SMILES string of the molecule is Cn1cc2c(n1)C(C)(C)OCC(Br)C2=O. The van der Waals surface area contributed by atoms with Gasteiger partial charge in [-0.25, -0.2) is 0 Å². The number of Topliss-reactive ketones (excluding diaryl/α,β-unsaturated/α-hetero) is 1. The Labute approximate surface area is 96.7 Å². The van der Waals surface area contributed by atoms with Gasteiger partial charge < -0.3 is 4.74 Å².